The molecule has 5 nitrogen and oxygen atoms in total. The van der Waals surface area contributed by atoms with E-state index in [-0.39, 0.29) is 12.6 Å². The predicted octanol–water partition coefficient (Wildman–Crippen LogP) is 3.59. The number of rotatable bonds is 4. The van der Waals surface area contributed by atoms with E-state index in [1.165, 1.54) is 7.11 Å². The van der Waals surface area contributed by atoms with Gasteiger partial charge in [0.15, 0.2) is 0 Å². The van der Waals surface area contributed by atoms with Gasteiger partial charge in [0.25, 0.3) is 0 Å². The average molecular weight is 358 g/mol. The van der Waals surface area contributed by atoms with Crippen molar-refractivity contribution in [2.24, 2.45) is 0 Å². The first kappa shape index (κ1) is 18.5. The van der Waals surface area contributed by atoms with Gasteiger partial charge in [0, 0.05) is 24.7 Å². The number of methoxy groups -OCH3 is 1. The fourth-order valence-electron chi connectivity index (χ4n) is 2.18. The van der Waals surface area contributed by atoms with Crippen molar-refractivity contribution in [1.82, 2.24) is 5.32 Å². The van der Waals surface area contributed by atoms with Gasteiger partial charge in [-0.2, -0.15) is 0 Å². The van der Waals surface area contributed by atoms with Crippen LogP contribution in [0.3, 0.4) is 0 Å². The van der Waals surface area contributed by atoms with E-state index in [1.807, 2.05) is 43.3 Å². The molecule has 25 heavy (non-hydrogen) atoms. The van der Waals surface area contributed by atoms with Crippen LogP contribution >= 0.6 is 11.6 Å². The number of halogens is 1. The highest BCUT2D eigenvalue weighted by molar-refractivity contribution is 6.31. The number of nitrogens with zero attached hydrogens (tertiary/aromatic N) is 1. The SMILES string of the molecule is COc1ccc(Cl)cc1NC(=O)NCC#Cc1ccccc1N(C)C. The number of ether oxygens (including phenoxy) is 1. The topological polar surface area (TPSA) is 53.6 Å². The van der Waals surface area contributed by atoms with E-state index < -0.39 is 0 Å². The zero-order chi connectivity index (χ0) is 18.2. The summed E-state index contributed by atoms with van der Waals surface area (Å²) in [5.74, 6) is 6.55. The number of urea groups is 1. The van der Waals surface area contributed by atoms with Gasteiger partial charge < -0.3 is 20.3 Å². The molecule has 2 N–H and O–H groups in total. The molecule has 2 rings (SSSR count). The summed E-state index contributed by atoms with van der Waals surface area (Å²) in [5.41, 5.74) is 2.44. The van der Waals surface area contributed by atoms with Crippen LogP contribution in [0.1, 0.15) is 5.56 Å². The Hall–Kier alpha value is -2.84. The summed E-state index contributed by atoms with van der Waals surface area (Å²) < 4.78 is 5.19. The summed E-state index contributed by atoms with van der Waals surface area (Å²) in [4.78, 5) is 14.0. The lowest BCUT2D eigenvalue weighted by atomic mass is 10.1. The van der Waals surface area contributed by atoms with Gasteiger partial charge in [0.05, 0.1) is 25.0 Å². The van der Waals surface area contributed by atoms with E-state index in [0.717, 1.165) is 11.3 Å². The van der Waals surface area contributed by atoms with Crippen molar-refractivity contribution < 1.29 is 9.53 Å². The molecule has 0 aromatic heterocycles. The second kappa shape index (κ2) is 8.86. The Labute approximate surface area is 152 Å². The summed E-state index contributed by atoms with van der Waals surface area (Å²) in [7, 11) is 5.45. The molecule has 2 aromatic carbocycles. The van der Waals surface area contributed by atoms with Gasteiger partial charge >= 0.3 is 6.03 Å². The molecule has 0 atom stereocenters. The molecule has 0 aliphatic carbocycles. The third kappa shape index (κ3) is 5.33. The smallest absolute Gasteiger partial charge is 0.320 e. The summed E-state index contributed by atoms with van der Waals surface area (Å²) in [6.07, 6.45) is 0. The first-order valence-electron chi connectivity index (χ1n) is 7.65. The van der Waals surface area contributed by atoms with Crippen molar-refractivity contribution in [3.05, 3.63) is 53.1 Å². The van der Waals surface area contributed by atoms with Crippen LogP contribution in [0.25, 0.3) is 0 Å². The molecule has 130 valence electrons. The first-order chi connectivity index (χ1) is 12.0. The minimum atomic E-state index is -0.379. The predicted molar refractivity (Wildman–Crippen MR) is 103 cm³/mol. The van der Waals surface area contributed by atoms with E-state index in [0.29, 0.717) is 16.5 Å². The van der Waals surface area contributed by atoms with Crippen LogP contribution in [0.2, 0.25) is 5.02 Å². The maximum absolute atomic E-state index is 12.0. The number of para-hydroxylation sites is 1. The number of amides is 2. The highest BCUT2D eigenvalue weighted by atomic mass is 35.5. The van der Waals surface area contributed by atoms with Crippen LogP contribution in [0.15, 0.2) is 42.5 Å². The molecule has 0 radical (unpaired) electrons. The minimum absolute atomic E-state index is 0.219. The lowest BCUT2D eigenvalue weighted by molar-refractivity contribution is 0.253. The van der Waals surface area contributed by atoms with E-state index in [9.17, 15) is 4.79 Å². The Morgan fingerprint density at radius 2 is 2.00 bits per heavy atom. The minimum Gasteiger partial charge on any atom is -0.495 e. The summed E-state index contributed by atoms with van der Waals surface area (Å²) in [6, 6.07) is 12.5. The number of nitrogens with one attached hydrogen (secondary N) is 2. The number of hydrogen-bond acceptors (Lipinski definition) is 3. The normalized spacial score (nSPS) is 9.60. The van der Waals surface area contributed by atoms with Crippen molar-refractivity contribution in [3.8, 4) is 17.6 Å². The second-order valence-corrected chi connectivity index (χ2v) is 5.80. The standard InChI is InChI=1S/C19H20ClN3O2/c1-23(2)17-9-5-4-7-14(17)8-6-12-21-19(24)22-16-13-15(20)10-11-18(16)25-3/h4-5,7,9-11,13H,12H2,1-3H3,(H2,21,22,24). The van der Waals surface area contributed by atoms with E-state index >= 15 is 0 Å². The van der Waals surface area contributed by atoms with Crippen LogP contribution in [0.5, 0.6) is 5.75 Å². The Bertz CT molecular complexity index is 810. The van der Waals surface area contributed by atoms with Gasteiger partial charge in [-0.05, 0) is 30.3 Å². The van der Waals surface area contributed by atoms with Crippen LogP contribution in [-0.4, -0.2) is 33.8 Å². The van der Waals surface area contributed by atoms with Crippen LogP contribution < -0.4 is 20.3 Å². The molecule has 0 fully saturated rings. The summed E-state index contributed by atoms with van der Waals surface area (Å²) in [5, 5.41) is 5.89. The summed E-state index contributed by atoms with van der Waals surface area (Å²) >= 11 is 5.94. The molecule has 0 saturated carbocycles. The van der Waals surface area contributed by atoms with E-state index in [4.69, 9.17) is 16.3 Å². The van der Waals surface area contributed by atoms with Gasteiger partial charge in [0.2, 0.25) is 0 Å². The van der Waals surface area contributed by atoms with Gasteiger partial charge in [-0.3, -0.25) is 0 Å². The number of hydrogen-bond donors (Lipinski definition) is 2. The lowest BCUT2D eigenvalue weighted by Crippen LogP contribution is -2.29. The van der Waals surface area contributed by atoms with Crippen molar-refractivity contribution >= 4 is 29.0 Å². The maximum Gasteiger partial charge on any atom is 0.320 e. The quantitative estimate of drug-likeness (QED) is 0.822. The van der Waals surface area contributed by atoms with Crippen molar-refractivity contribution in [2.45, 2.75) is 0 Å². The van der Waals surface area contributed by atoms with E-state index in [2.05, 4.69) is 22.5 Å². The third-order valence-corrected chi connectivity index (χ3v) is 3.59. The molecular formula is C19H20ClN3O2. The molecule has 0 aliphatic heterocycles. The fourth-order valence-corrected chi connectivity index (χ4v) is 2.35. The molecule has 0 spiro atoms. The molecule has 2 aromatic rings. The number of carbonyl (C=O) groups is 1. The monoisotopic (exact) mass is 357 g/mol. The molecule has 0 heterocycles. The largest absolute Gasteiger partial charge is 0.495 e. The van der Waals surface area contributed by atoms with Gasteiger partial charge in [-0.1, -0.05) is 35.6 Å². The summed E-state index contributed by atoms with van der Waals surface area (Å²) in [6.45, 7) is 0.219. The fraction of sp³-hybridized carbons (Fsp3) is 0.211. The van der Waals surface area contributed by atoms with Gasteiger partial charge in [0.1, 0.15) is 5.75 Å². The first-order valence-corrected chi connectivity index (χ1v) is 8.02. The zero-order valence-corrected chi connectivity index (χ0v) is 15.1. The molecular weight excluding hydrogens is 338 g/mol. The van der Waals surface area contributed by atoms with E-state index in [1.54, 1.807) is 18.2 Å². The lowest BCUT2D eigenvalue weighted by Gasteiger charge is -2.14. The third-order valence-electron chi connectivity index (χ3n) is 3.36. The molecule has 6 heteroatoms. The van der Waals surface area contributed by atoms with Gasteiger partial charge in [-0.25, -0.2) is 4.79 Å². The van der Waals surface area contributed by atoms with Crippen LogP contribution in [-0.2, 0) is 0 Å². The zero-order valence-electron chi connectivity index (χ0n) is 14.4. The Kier molecular flexibility index (Phi) is 6.55. The van der Waals surface area contributed by atoms with Crippen molar-refractivity contribution in [1.29, 1.82) is 0 Å². The Balaban J connectivity index is 1.95. The molecule has 0 saturated heterocycles. The average Bonchev–Trinajstić information content (AvgIpc) is 2.59. The highest BCUT2D eigenvalue weighted by Crippen LogP contribution is 2.27. The van der Waals surface area contributed by atoms with Gasteiger partial charge in [-0.15, -0.1) is 0 Å². The number of benzene rings is 2. The number of anilines is 2. The molecule has 0 bridgehead atoms. The second-order valence-electron chi connectivity index (χ2n) is 5.37. The Morgan fingerprint density at radius 1 is 1.24 bits per heavy atom. The van der Waals surface area contributed by atoms with Crippen molar-refractivity contribution in [2.75, 3.05) is 38.0 Å². The maximum atomic E-state index is 12.0. The van der Waals surface area contributed by atoms with Crippen LogP contribution in [0.4, 0.5) is 16.2 Å². The number of carbonyl (C=O) groups excluding carboxylic acids is 1. The molecule has 2 amide bonds. The van der Waals surface area contributed by atoms with Crippen LogP contribution in [0, 0.1) is 11.8 Å². The van der Waals surface area contributed by atoms with Crippen molar-refractivity contribution in [3.63, 3.8) is 0 Å². The molecule has 0 unspecified atom stereocenters. The Morgan fingerprint density at radius 3 is 2.72 bits per heavy atom. The molecule has 0 aliphatic rings. The highest BCUT2D eigenvalue weighted by Gasteiger charge is 2.07.